The minimum Gasteiger partial charge on any atom is -0.462 e. The molecule has 0 N–H and O–H groups in total. The largest absolute Gasteiger partial charge is 0.462 e. The molecule has 0 saturated carbocycles. The van der Waals surface area contributed by atoms with Crippen LogP contribution in [0.15, 0.2) is 22.7 Å². The van der Waals surface area contributed by atoms with E-state index in [1.54, 1.807) is 7.11 Å². The maximum absolute atomic E-state index is 11.8. The first-order valence-electron chi connectivity index (χ1n) is 5.93. The zero-order chi connectivity index (χ0) is 15.3. The Morgan fingerprint density at radius 3 is 2.65 bits per heavy atom. The lowest BCUT2D eigenvalue weighted by atomic mass is 10.1. The van der Waals surface area contributed by atoms with E-state index in [-0.39, 0.29) is 23.5 Å². The number of halogens is 1. The van der Waals surface area contributed by atoms with E-state index in [0.717, 1.165) is 0 Å². The van der Waals surface area contributed by atoms with E-state index >= 15 is 0 Å². The highest BCUT2D eigenvalue weighted by Gasteiger charge is 2.19. The summed E-state index contributed by atoms with van der Waals surface area (Å²) in [4.78, 5) is 22.0. The summed E-state index contributed by atoms with van der Waals surface area (Å²) in [7, 11) is 1.58. The first-order valence-corrected chi connectivity index (χ1v) is 6.72. The molecular weight excluding hydrogens is 330 g/mol. The van der Waals surface area contributed by atoms with Crippen LogP contribution in [0.3, 0.4) is 0 Å². The molecule has 0 aliphatic heterocycles. The van der Waals surface area contributed by atoms with Crippen molar-refractivity contribution in [2.24, 2.45) is 0 Å². The maximum atomic E-state index is 11.8. The van der Waals surface area contributed by atoms with Crippen LogP contribution in [0.2, 0.25) is 0 Å². The molecule has 0 radical (unpaired) electrons. The molecule has 20 heavy (non-hydrogen) atoms. The van der Waals surface area contributed by atoms with E-state index in [0.29, 0.717) is 10.9 Å². The molecule has 0 saturated heterocycles. The zero-order valence-corrected chi connectivity index (χ0v) is 13.1. The van der Waals surface area contributed by atoms with Crippen LogP contribution in [0.25, 0.3) is 0 Å². The number of nitro benzene ring substituents is 1. The Hall–Kier alpha value is -1.47. The van der Waals surface area contributed by atoms with Gasteiger partial charge in [0.2, 0.25) is 0 Å². The average molecular weight is 346 g/mol. The number of rotatable bonds is 6. The molecule has 0 aliphatic rings. The molecule has 6 nitrogen and oxygen atoms in total. The molecular formula is C13H16BrNO5. The number of benzene rings is 1. The van der Waals surface area contributed by atoms with Crippen molar-refractivity contribution in [3.05, 3.63) is 38.3 Å². The Labute approximate surface area is 125 Å². The fourth-order valence-corrected chi connectivity index (χ4v) is 1.75. The van der Waals surface area contributed by atoms with Gasteiger partial charge in [0.25, 0.3) is 5.69 Å². The van der Waals surface area contributed by atoms with Gasteiger partial charge in [0, 0.05) is 19.6 Å². The van der Waals surface area contributed by atoms with Gasteiger partial charge in [0.15, 0.2) is 0 Å². The predicted octanol–water partition coefficient (Wildman–Crippen LogP) is 3.33. The van der Waals surface area contributed by atoms with Crippen molar-refractivity contribution in [1.82, 2.24) is 0 Å². The highest BCUT2D eigenvalue weighted by Crippen LogP contribution is 2.26. The van der Waals surface area contributed by atoms with Crippen molar-refractivity contribution >= 4 is 27.6 Å². The second-order valence-electron chi connectivity index (χ2n) is 4.77. The fourth-order valence-electron chi connectivity index (χ4n) is 1.35. The second kappa shape index (κ2) is 6.81. The van der Waals surface area contributed by atoms with Gasteiger partial charge in [0.1, 0.15) is 0 Å². The quantitative estimate of drug-likeness (QED) is 0.448. The minimum atomic E-state index is -0.590. The molecule has 0 amide bonds. The molecule has 0 heterocycles. The summed E-state index contributed by atoms with van der Waals surface area (Å²) >= 11 is 3.06. The minimum absolute atomic E-state index is 0.148. The summed E-state index contributed by atoms with van der Waals surface area (Å²) in [5, 5.41) is 10.8. The lowest BCUT2D eigenvalue weighted by Gasteiger charge is -2.22. The average Bonchev–Trinajstić information content (AvgIpc) is 2.38. The van der Waals surface area contributed by atoms with Gasteiger partial charge in [-0.15, -0.1) is 0 Å². The highest BCUT2D eigenvalue weighted by molar-refractivity contribution is 9.10. The van der Waals surface area contributed by atoms with Crippen molar-refractivity contribution in [3.63, 3.8) is 0 Å². The molecule has 0 unspecified atom stereocenters. The van der Waals surface area contributed by atoms with Gasteiger partial charge < -0.3 is 9.47 Å². The van der Waals surface area contributed by atoms with Crippen molar-refractivity contribution < 1.29 is 19.2 Å². The van der Waals surface area contributed by atoms with Gasteiger partial charge in [-0.05, 0) is 41.9 Å². The SMILES string of the molecule is COC(C)(C)CCOC(=O)c1ccc(Br)c([N+](=O)[O-])c1. The van der Waals surface area contributed by atoms with E-state index in [4.69, 9.17) is 9.47 Å². The van der Waals surface area contributed by atoms with Crippen LogP contribution in [-0.4, -0.2) is 30.2 Å². The maximum Gasteiger partial charge on any atom is 0.338 e. The molecule has 0 atom stereocenters. The molecule has 0 fully saturated rings. The van der Waals surface area contributed by atoms with E-state index in [1.807, 2.05) is 13.8 Å². The number of carbonyl (C=O) groups is 1. The standard InChI is InChI=1S/C13H16BrNO5/c1-13(2,19-3)6-7-20-12(16)9-4-5-10(14)11(8-9)15(17)18/h4-5,8H,6-7H2,1-3H3. The van der Waals surface area contributed by atoms with E-state index in [2.05, 4.69) is 15.9 Å². The van der Waals surface area contributed by atoms with Gasteiger partial charge in [-0.3, -0.25) is 10.1 Å². The van der Waals surface area contributed by atoms with Crippen molar-refractivity contribution in [3.8, 4) is 0 Å². The summed E-state index contributed by atoms with van der Waals surface area (Å²) in [5.74, 6) is -0.590. The normalized spacial score (nSPS) is 11.2. The Balaban J connectivity index is 2.69. The van der Waals surface area contributed by atoms with Crippen LogP contribution in [-0.2, 0) is 9.47 Å². The second-order valence-corrected chi connectivity index (χ2v) is 5.63. The summed E-state index contributed by atoms with van der Waals surface area (Å²) in [5.41, 5.74) is -0.404. The number of hydrogen-bond donors (Lipinski definition) is 0. The lowest BCUT2D eigenvalue weighted by Crippen LogP contribution is -2.25. The highest BCUT2D eigenvalue weighted by atomic mass is 79.9. The monoisotopic (exact) mass is 345 g/mol. The van der Waals surface area contributed by atoms with Crippen LogP contribution < -0.4 is 0 Å². The number of carbonyl (C=O) groups excluding carboxylic acids is 1. The Kier molecular flexibility index (Phi) is 5.64. The smallest absolute Gasteiger partial charge is 0.338 e. The molecule has 110 valence electrons. The zero-order valence-electron chi connectivity index (χ0n) is 11.5. The van der Waals surface area contributed by atoms with E-state index in [1.165, 1.54) is 18.2 Å². The molecule has 7 heteroatoms. The molecule has 1 aromatic rings. The molecule has 1 rings (SSSR count). The number of nitro groups is 1. The molecule has 0 bridgehead atoms. The summed E-state index contributed by atoms with van der Waals surface area (Å²) in [6.45, 7) is 3.94. The Bertz CT molecular complexity index is 515. The summed E-state index contributed by atoms with van der Waals surface area (Å²) < 4.78 is 10.6. The fraction of sp³-hybridized carbons (Fsp3) is 0.462. The van der Waals surface area contributed by atoms with Gasteiger partial charge in [-0.2, -0.15) is 0 Å². The van der Waals surface area contributed by atoms with E-state index < -0.39 is 10.9 Å². The van der Waals surface area contributed by atoms with Crippen LogP contribution in [0.4, 0.5) is 5.69 Å². The van der Waals surface area contributed by atoms with Gasteiger partial charge in [-0.1, -0.05) is 0 Å². The molecule has 0 spiro atoms. The lowest BCUT2D eigenvalue weighted by molar-refractivity contribution is -0.385. The number of hydrogen-bond acceptors (Lipinski definition) is 5. The van der Waals surface area contributed by atoms with Crippen LogP contribution in [0.5, 0.6) is 0 Å². The van der Waals surface area contributed by atoms with Gasteiger partial charge in [0.05, 0.1) is 27.2 Å². The molecule has 0 aromatic heterocycles. The number of nitrogens with zero attached hydrogens (tertiary/aromatic N) is 1. The third-order valence-corrected chi connectivity index (χ3v) is 3.54. The number of methoxy groups -OCH3 is 1. The van der Waals surface area contributed by atoms with Crippen LogP contribution in [0.1, 0.15) is 30.6 Å². The Morgan fingerprint density at radius 2 is 2.10 bits per heavy atom. The molecule has 1 aromatic carbocycles. The van der Waals surface area contributed by atoms with Crippen LogP contribution in [0, 0.1) is 10.1 Å². The van der Waals surface area contributed by atoms with Crippen molar-refractivity contribution in [1.29, 1.82) is 0 Å². The van der Waals surface area contributed by atoms with Gasteiger partial charge in [-0.25, -0.2) is 4.79 Å². The Morgan fingerprint density at radius 1 is 1.45 bits per heavy atom. The number of ether oxygens (including phenoxy) is 2. The molecule has 0 aliphatic carbocycles. The first kappa shape index (κ1) is 16.6. The van der Waals surface area contributed by atoms with Crippen molar-refractivity contribution in [2.75, 3.05) is 13.7 Å². The first-order chi connectivity index (χ1) is 9.26. The van der Waals surface area contributed by atoms with Gasteiger partial charge >= 0.3 is 5.97 Å². The third-order valence-electron chi connectivity index (χ3n) is 2.87. The van der Waals surface area contributed by atoms with E-state index in [9.17, 15) is 14.9 Å². The van der Waals surface area contributed by atoms with Crippen LogP contribution >= 0.6 is 15.9 Å². The van der Waals surface area contributed by atoms with Crippen molar-refractivity contribution in [2.45, 2.75) is 25.9 Å². The third kappa shape index (κ3) is 4.57. The summed E-state index contributed by atoms with van der Waals surface area (Å²) in [6.07, 6.45) is 0.536. The summed E-state index contributed by atoms with van der Waals surface area (Å²) in [6, 6.07) is 4.11. The number of esters is 1. The predicted molar refractivity (Wildman–Crippen MR) is 76.8 cm³/mol. The topological polar surface area (TPSA) is 78.7 Å².